The maximum atomic E-state index is 11.6. The molecular weight excluding hydrogens is 367 g/mol. The second-order valence-electron chi connectivity index (χ2n) is 4.30. The minimum absolute atomic E-state index is 0. The number of nitrogen functional groups attached to an aromatic ring is 1. The summed E-state index contributed by atoms with van der Waals surface area (Å²) in [5.41, 5.74) is 4.54. The Hall–Kier alpha value is 0.450. The third kappa shape index (κ3) is 7.07. The zero-order chi connectivity index (χ0) is 15.6. The van der Waals surface area contributed by atoms with Gasteiger partial charge in [-0.25, -0.2) is 4.98 Å². The van der Waals surface area contributed by atoms with Gasteiger partial charge < -0.3 is 24.7 Å². The predicted octanol–water partition coefficient (Wildman–Crippen LogP) is -8.28. The van der Waals surface area contributed by atoms with Gasteiger partial charge in [0.25, 0.3) is 5.56 Å². The number of fused-ring (bicyclic) bond motifs is 1. The van der Waals surface area contributed by atoms with Crippen LogP contribution in [0.5, 0.6) is 0 Å². The monoisotopic (exact) mass is 379 g/mol. The van der Waals surface area contributed by atoms with Gasteiger partial charge >= 0.3 is 59.1 Å². The van der Waals surface area contributed by atoms with Gasteiger partial charge in [0.1, 0.15) is 0 Å². The molecule has 0 spiro atoms. The number of aromatic amines is 1. The fourth-order valence-electron chi connectivity index (χ4n) is 1.77. The Morgan fingerprint density at radius 1 is 1.39 bits per heavy atom. The fraction of sp³-hybridized carbons (Fsp3) is 0.444. The normalized spacial score (nSPS) is 12.4. The molecule has 116 valence electrons. The largest absolute Gasteiger partial charge is 1.00 e. The van der Waals surface area contributed by atoms with Gasteiger partial charge in [-0.15, -0.1) is 0 Å². The Morgan fingerprint density at radius 3 is 2.65 bits per heavy atom. The van der Waals surface area contributed by atoms with E-state index < -0.39 is 29.4 Å². The fourth-order valence-corrected chi connectivity index (χ4v) is 4.15. The number of imidazole rings is 1. The van der Waals surface area contributed by atoms with Gasteiger partial charge in [0.15, 0.2) is 11.2 Å². The summed E-state index contributed by atoms with van der Waals surface area (Å²) in [6.07, 6.45) is 1.73. The van der Waals surface area contributed by atoms with Crippen molar-refractivity contribution < 1.29 is 77.7 Å². The number of H-pyrrole nitrogens is 1. The molecule has 14 heteroatoms. The summed E-state index contributed by atoms with van der Waals surface area (Å²) >= 11 is 0. The van der Waals surface area contributed by atoms with Crippen molar-refractivity contribution in [2.24, 2.45) is 0 Å². The minimum atomic E-state index is -4.77. The summed E-state index contributed by atoms with van der Waals surface area (Å²) in [4.78, 5) is 42.7. The van der Waals surface area contributed by atoms with E-state index in [1.807, 2.05) is 0 Å². The van der Waals surface area contributed by atoms with Crippen LogP contribution in [0.4, 0.5) is 5.95 Å². The zero-order valence-electron chi connectivity index (χ0n) is 12.7. The quantitative estimate of drug-likeness (QED) is 0.368. The average Bonchev–Trinajstić information content (AvgIpc) is 2.70. The minimum Gasteiger partial charge on any atom is -0.810 e. The van der Waals surface area contributed by atoms with Gasteiger partial charge in [0, 0.05) is 23.1 Å². The van der Waals surface area contributed by atoms with Gasteiger partial charge in [-0.05, 0) is 6.42 Å². The maximum absolute atomic E-state index is 11.6. The number of hydrogen-bond donors (Lipinski definition) is 2. The smallest absolute Gasteiger partial charge is 0.810 e. The van der Waals surface area contributed by atoms with Gasteiger partial charge in [-0.2, -0.15) is 4.98 Å². The van der Waals surface area contributed by atoms with Crippen LogP contribution >= 0.6 is 7.60 Å². The topological polar surface area (TPSA) is 170 Å². The summed E-state index contributed by atoms with van der Waals surface area (Å²) < 4.78 is 23.4. The Kier molecular flexibility index (Phi) is 10.0. The summed E-state index contributed by atoms with van der Waals surface area (Å²) in [6.45, 7) is 0.320. The Balaban J connectivity index is 0.00000242. The standard InChI is InChI=1S/C9H14N5O5PS.2Na/c10-9-12-7-6(8(15)13-9)11-4-14(7)2-1-3-21(19)5-20(16,17)18;;/h4H,1-3,5H2,(H2,16,17,18)(H3,10,12,13,15);;/q;2*+1/p-2. The van der Waals surface area contributed by atoms with Crippen molar-refractivity contribution in [2.45, 2.75) is 13.0 Å². The number of rotatable bonds is 6. The van der Waals surface area contributed by atoms with E-state index in [0.29, 0.717) is 18.6 Å². The average molecular weight is 379 g/mol. The molecule has 0 saturated carbocycles. The van der Waals surface area contributed by atoms with Crippen LogP contribution in [0.1, 0.15) is 6.42 Å². The number of nitrogens with two attached hydrogens (primary N) is 1. The molecule has 0 aliphatic heterocycles. The number of aromatic nitrogens is 4. The summed E-state index contributed by atoms with van der Waals surface area (Å²) in [7, 11) is -6.50. The van der Waals surface area contributed by atoms with Crippen molar-refractivity contribution in [3.05, 3.63) is 16.7 Å². The van der Waals surface area contributed by atoms with Crippen molar-refractivity contribution in [3.63, 3.8) is 0 Å². The van der Waals surface area contributed by atoms with Crippen LogP contribution in [0.3, 0.4) is 0 Å². The molecule has 0 aliphatic rings. The van der Waals surface area contributed by atoms with Crippen molar-refractivity contribution in [1.29, 1.82) is 0 Å². The summed E-state index contributed by atoms with van der Waals surface area (Å²) in [5, 5.41) is 0. The molecule has 0 amide bonds. The van der Waals surface area contributed by atoms with Crippen molar-refractivity contribution in [3.8, 4) is 0 Å². The third-order valence-electron chi connectivity index (χ3n) is 2.57. The molecule has 3 N–H and O–H groups in total. The Morgan fingerprint density at radius 2 is 2.04 bits per heavy atom. The number of hydrogen-bond acceptors (Lipinski definition) is 8. The first-order valence-electron chi connectivity index (χ1n) is 5.83. The van der Waals surface area contributed by atoms with E-state index in [0.717, 1.165) is 0 Å². The van der Waals surface area contributed by atoms with E-state index in [-0.39, 0.29) is 76.3 Å². The second kappa shape index (κ2) is 9.81. The molecule has 23 heavy (non-hydrogen) atoms. The van der Waals surface area contributed by atoms with Gasteiger partial charge in [-0.3, -0.25) is 14.0 Å². The molecule has 0 bridgehead atoms. The summed E-state index contributed by atoms with van der Waals surface area (Å²) in [5.74, 6) is 0.00350. The third-order valence-corrected chi connectivity index (χ3v) is 5.73. The number of nitrogens with zero attached hydrogens (tertiary/aromatic N) is 3. The van der Waals surface area contributed by atoms with Crippen LogP contribution in [0.2, 0.25) is 0 Å². The van der Waals surface area contributed by atoms with Crippen molar-refractivity contribution in [2.75, 3.05) is 17.0 Å². The number of aryl methyl sites for hydroxylation is 1. The van der Waals surface area contributed by atoms with Gasteiger partial charge in [0.2, 0.25) is 5.95 Å². The first-order chi connectivity index (χ1) is 9.76. The number of anilines is 1. The van der Waals surface area contributed by atoms with E-state index in [1.54, 1.807) is 4.57 Å². The predicted molar refractivity (Wildman–Crippen MR) is 72.7 cm³/mol. The van der Waals surface area contributed by atoms with E-state index in [9.17, 15) is 23.4 Å². The van der Waals surface area contributed by atoms with Crippen molar-refractivity contribution in [1.82, 2.24) is 19.5 Å². The van der Waals surface area contributed by atoms with Crippen LogP contribution < -0.4 is 80.2 Å². The molecule has 1 atom stereocenters. The number of nitrogens with one attached hydrogen (secondary N) is 1. The molecule has 0 aromatic carbocycles. The molecule has 2 aromatic heterocycles. The van der Waals surface area contributed by atoms with Gasteiger partial charge in [-0.1, -0.05) is 7.60 Å². The molecule has 0 saturated heterocycles. The van der Waals surface area contributed by atoms with Crippen LogP contribution in [-0.2, 0) is 21.9 Å². The molecular formula is C9H12N5Na2O5PS. The van der Waals surface area contributed by atoms with Crippen LogP contribution in [0, 0.1) is 0 Å². The molecule has 0 radical (unpaired) electrons. The van der Waals surface area contributed by atoms with Crippen LogP contribution in [0.25, 0.3) is 11.2 Å². The Labute approximate surface area is 177 Å². The van der Waals surface area contributed by atoms with Crippen LogP contribution in [-0.4, -0.2) is 35.0 Å². The SMILES string of the molecule is Nc1nc2c(ncn2CCCS(=O)CP(=O)([O-])[O-])c(=O)[nH]1.[Na+].[Na+]. The molecule has 1 unspecified atom stereocenters. The Bertz CT molecular complexity index is 790. The maximum Gasteiger partial charge on any atom is 1.00 e. The van der Waals surface area contributed by atoms with Crippen LogP contribution in [0.15, 0.2) is 11.1 Å². The van der Waals surface area contributed by atoms with E-state index >= 15 is 0 Å². The zero-order valence-corrected chi connectivity index (χ0v) is 18.4. The molecule has 2 rings (SSSR count). The summed E-state index contributed by atoms with van der Waals surface area (Å²) in [6, 6.07) is 0. The second-order valence-corrected chi connectivity index (χ2v) is 7.84. The molecule has 2 heterocycles. The first-order valence-corrected chi connectivity index (χ1v) is 9.04. The molecule has 0 aliphatic carbocycles. The molecule has 10 nitrogen and oxygen atoms in total. The van der Waals surface area contributed by atoms with Crippen molar-refractivity contribution >= 4 is 35.5 Å². The van der Waals surface area contributed by atoms with Gasteiger partial charge in [0.05, 0.1) is 11.8 Å². The van der Waals surface area contributed by atoms with E-state index in [2.05, 4.69) is 15.0 Å². The first kappa shape index (κ1) is 23.4. The molecule has 2 aromatic rings. The van der Waals surface area contributed by atoms with E-state index in [4.69, 9.17) is 5.73 Å². The van der Waals surface area contributed by atoms with E-state index in [1.165, 1.54) is 6.33 Å². The molecule has 0 fully saturated rings.